The summed E-state index contributed by atoms with van der Waals surface area (Å²) < 4.78 is 5.48. The average Bonchev–Trinajstić information content (AvgIpc) is 3.20. The number of amides is 1. The predicted octanol–water partition coefficient (Wildman–Crippen LogP) is 2.74. The molecular formula is C19H25NO3. The fourth-order valence-electron chi connectivity index (χ4n) is 4.73. The average molecular weight is 315 g/mol. The first-order valence-electron chi connectivity index (χ1n) is 8.87. The molecule has 0 saturated heterocycles. The van der Waals surface area contributed by atoms with Gasteiger partial charge < -0.3 is 15.2 Å². The van der Waals surface area contributed by atoms with Crippen LogP contribution < -0.4 is 10.1 Å². The fourth-order valence-corrected chi connectivity index (χ4v) is 4.73. The van der Waals surface area contributed by atoms with Crippen LogP contribution in [-0.2, 0) is 11.2 Å². The Bertz CT molecular complexity index is 629. The minimum atomic E-state index is -0.678. The maximum Gasteiger partial charge on any atom is 0.219 e. The molecule has 0 aromatic heterocycles. The molecule has 4 rings (SSSR count). The Kier molecular flexibility index (Phi) is 3.60. The minimum Gasteiger partial charge on any atom is -0.464 e. The number of nitrogens with one attached hydrogen (secondary N) is 1. The lowest BCUT2D eigenvalue weighted by Gasteiger charge is -2.39. The molecule has 2 fully saturated rings. The van der Waals surface area contributed by atoms with E-state index in [0.29, 0.717) is 24.2 Å². The van der Waals surface area contributed by atoms with Crippen molar-refractivity contribution in [3.8, 4) is 5.75 Å². The molecule has 1 spiro atoms. The number of hydrogen-bond acceptors (Lipinski definition) is 3. The van der Waals surface area contributed by atoms with Crippen molar-refractivity contribution in [2.75, 3.05) is 6.54 Å². The Morgan fingerprint density at radius 2 is 2.35 bits per heavy atom. The quantitative estimate of drug-likeness (QED) is 0.878. The van der Waals surface area contributed by atoms with Crippen molar-refractivity contribution < 1.29 is 14.6 Å². The lowest BCUT2D eigenvalue weighted by Crippen LogP contribution is -2.33. The molecule has 3 unspecified atom stereocenters. The zero-order valence-electron chi connectivity index (χ0n) is 13.7. The van der Waals surface area contributed by atoms with Gasteiger partial charge in [-0.05, 0) is 54.6 Å². The van der Waals surface area contributed by atoms with Crippen LogP contribution in [-0.4, -0.2) is 23.8 Å². The molecule has 0 bridgehead atoms. The van der Waals surface area contributed by atoms with E-state index in [0.717, 1.165) is 24.6 Å². The zero-order chi connectivity index (χ0) is 16.0. The van der Waals surface area contributed by atoms with E-state index in [9.17, 15) is 9.90 Å². The van der Waals surface area contributed by atoms with Gasteiger partial charge in [0.05, 0.1) is 0 Å². The SMILES string of the molecule is CCC(=O)NCCC1CCC12CC2c1cccc2c1C[C@@H](O)O2. The van der Waals surface area contributed by atoms with Crippen LogP contribution in [0.2, 0.25) is 0 Å². The predicted molar refractivity (Wildman–Crippen MR) is 87.2 cm³/mol. The molecule has 2 N–H and O–H groups in total. The van der Waals surface area contributed by atoms with E-state index in [1.54, 1.807) is 0 Å². The van der Waals surface area contributed by atoms with Gasteiger partial charge in [0.25, 0.3) is 0 Å². The van der Waals surface area contributed by atoms with Gasteiger partial charge in [-0.25, -0.2) is 0 Å². The van der Waals surface area contributed by atoms with Gasteiger partial charge in [-0.2, -0.15) is 0 Å². The second kappa shape index (κ2) is 5.52. The number of carbonyl (C=O) groups is 1. The number of hydrogen-bond donors (Lipinski definition) is 2. The third-order valence-corrected chi connectivity index (χ3v) is 6.21. The first-order chi connectivity index (χ1) is 11.1. The monoisotopic (exact) mass is 315 g/mol. The molecule has 1 amide bonds. The van der Waals surface area contributed by atoms with Crippen molar-refractivity contribution in [3.05, 3.63) is 29.3 Å². The van der Waals surface area contributed by atoms with E-state index in [2.05, 4.69) is 11.4 Å². The molecule has 4 atom stereocenters. The molecule has 1 aliphatic heterocycles. The Morgan fingerprint density at radius 3 is 3.09 bits per heavy atom. The molecule has 1 aromatic carbocycles. The van der Waals surface area contributed by atoms with Gasteiger partial charge in [-0.15, -0.1) is 0 Å². The summed E-state index contributed by atoms with van der Waals surface area (Å²) >= 11 is 0. The highest BCUT2D eigenvalue weighted by Gasteiger charge is 2.63. The Hall–Kier alpha value is -1.55. The van der Waals surface area contributed by atoms with Gasteiger partial charge >= 0.3 is 0 Å². The summed E-state index contributed by atoms with van der Waals surface area (Å²) in [7, 11) is 0. The maximum atomic E-state index is 11.4. The lowest BCUT2D eigenvalue weighted by molar-refractivity contribution is -0.120. The summed E-state index contributed by atoms with van der Waals surface area (Å²) in [6, 6.07) is 6.23. The molecule has 2 saturated carbocycles. The molecule has 1 aromatic rings. The molecule has 2 aliphatic carbocycles. The second-order valence-corrected chi connectivity index (χ2v) is 7.32. The van der Waals surface area contributed by atoms with Crippen LogP contribution in [0.4, 0.5) is 0 Å². The van der Waals surface area contributed by atoms with Gasteiger partial charge in [0, 0.05) is 24.9 Å². The van der Waals surface area contributed by atoms with E-state index in [1.807, 2.05) is 19.1 Å². The molecule has 23 heavy (non-hydrogen) atoms. The topological polar surface area (TPSA) is 58.6 Å². The van der Waals surface area contributed by atoms with Crippen molar-refractivity contribution in [1.82, 2.24) is 5.32 Å². The van der Waals surface area contributed by atoms with Gasteiger partial charge in [0.15, 0.2) is 0 Å². The molecule has 4 nitrogen and oxygen atoms in total. The van der Waals surface area contributed by atoms with Gasteiger partial charge in [0.1, 0.15) is 5.75 Å². The maximum absolute atomic E-state index is 11.4. The summed E-state index contributed by atoms with van der Waals surface area (Å²) in [5.74, 6) is 2.36. The summed E-state index contributed by atoms with van der Waals surface area (Å²) in [6.45, 7) is 2.70. The number of benzene rings is 1. The first kappa shape index (κ1) is 15.0. The third kappa shape index (κ3) is 2.44. The fraction of sp³-hybridized carbons (Fsp3) is 0.632. The highest BCUT2D eigenvalue weighted by Crippen LogP contribution is 2.74. The molecule has 4 heteroatoms. The number of aliphatic hydroxyl groups is 1. The van der Waals surface area contributed by atoms with Crippen molar-refractivity contribution in [2.45, 2.75) is 57.7 Å². The summed E-state index contributed by atoms with van der Waals surface area (Å²) in [5, 5.41) is 12.8. The number of fused-ring (bicyclic) bond motifs is 1. The van der Waals surface area contributed by atoms with Crippen LogP contribution in [0.3, 0.4) is 0 Å². The van der Waals surface area contributed by atoms with Crippen molar-refractivity contribution in [1.29, 1.82) is 0 Å². The Balaban J connectivity index is 1.42. The number of rotatable bonds is 5. The van der Waals surface area contributed by atoms with E-state index in [-0.39, 0.29) is 5.91 Å². The summed E-state index contributed by atoms with van der Waals surface area (Å²) in [5.41, 5.74) is 3.06. The van der Waals surface area contributed by atoms with E-state index >= 15 is 0 Å². The molecule has 124 valence electrons. The van der Waals surface area contributed by atoms with Gasteiger partial charge in [-0.1, -0.05) is 19.1 Å². The molecule has 1 heterocycles. The van der Waals surface area contributed by atoms with Crippen molar-refractivity contribution in [2.24, 2.45) is 11.3 Å². The first-order valence-corrected chi connectivity index (χ1v) is 8.87. The van der Waals surface area contributed by atoms with E-state index in [4.69, 9.17) is 4.74 Å². The highest BCUT2D eigenvalue weighted by atomic mass is 16.6. The second-order valence-electron chi connectivity index (χ2n) is 7.32. The van der Waals surface area contributed by atoms with Crippen LogP contribution in [0.5, 0.6) is 5.75 Å². The van der Waals surface area contributed by atoms with Crippen molar-refractivity contribution >= 4 is 5.91 Å². The van der Waals surface area contributed by atoms with Gasteiger partial charge in [-0.3, -0.25) is 4.79 Å². The highest BCUT2D eigenvalue weighted by molar-refractivity contribution is 5.75. The van der Waals surface area contributed by atoms with Crippen LogP contribution in [0.25, 0.3) is 0 Å². The molecule has 0 radical (unpaired) electrons. The van der Waals surface area contributed by atoms with Crippen LogP contribution in [0.1, 0.15) is 56.1 Å². The van der Waals surface area contributed by atoms with Gasteiger partial charge in [0.2, 0.25) is 12.2 Å². The summed E-state index contributed by atoms with van der Waals surface area (Å²) in [4.78, 5) is 11.4. The third-order valence-electron chi connectivity index (χ3n) is 6.21. The number of carbonyl (C=O) groups excluding carboxylic acids is 1. The largest absolute Gasteiger partial charge is 0.464 e. The minimum absolute atomic E-state index is 0.151. The lowest BCUT2D eigenvalue weighted by atomic mass is 9.66. The molecular weight excluding hydrogens is 290 g/mol. The van der Waals surface area contributed by atoms with Crippen LogP contribution in [0.15, 0.2) is 18.2 Å². The Morgan fingerprint density at radius 1 is 1.48 bits per heavy atom. The number of ether oxygens (including phenoxy) is 1. The van der Waals surface area contributed by atoms with Crippen LogP contribution >= 0.6 is 0 Å². The van der Waals surface area contributed by atoms with Crippen molar-refractivity contribution in [3.63, 3.8) is 0 Å². The summed E-state index contributed by atoms with van der Waals surface area (Å²) in [6.07, 6.45) is 5.44. The molecule has 3 aliphatic rings. The standard InChI is InChI=1S/C19H25NO3/c1-2-17(21)20-9-7-12-6-8-19(12)11-15(19)13-4-3-5-16-14(13)10-18(22)23-16/h3-5,12,15,18,22H,2,6-11H2,1H3,(H,20,21)/t12?,15?,18-,19?/m0/s1. The van der Waals surface area contributed by atoms with E-state index in [1.165, 1.54) is 30.4 Å². The number of aliphatic hydroxyl groups excluding tert-OH is 1. The van der Waals surface area contributed by atoms with Crippen LogP contribution in [0, 0.1) is 11.3 Å². The normalized spacial score (nSPS) is 33.7. The smallest absolute Gasteiger partial charge is 0.219 e. The Labute approximate surface area is 137 Å². The zero-order valence-corrected chi connectivity index (χ0v) is 13.7. The van der Waals surface area contributed by atoms with E-state index < -0.39 is 6.29 Å².